The van der Waals surface area contributed by atoms with Crippen molar-refractivity contribution in [3.8, 4) is 0 Å². The highest BCUT2D eigenvalue weighted by molar-refractivity contribution is 8.04. The number of carbonyl (C=O) groups is 3. The Kier molecular flexibility index (Phi) is 5.34. The number of ketones is 2. The second kappa shape index (κ2) is 7.76. The molecule has 0 amide bonds. The lowest BCUT2D eigenvalue weighted by molar-refractivity contribution is -0.139. The van der Waals surface area contributed by atoms with Crippen molar-refractivity contribution >= 4 is 40.9 Å². The van der Waals surface area contributed by atoms with E-state index in [-0.39, 0.29) is 40.3 Å². The summed E-state index contributed by atoms with van der Waals surface area (Å²) in [7, 11) is 0. The molecule has 0 radical (unpaired) electrons. The molecule has 1 saturated carbocycles. The van der Waals surface area contributed by atoms with Crippen molar-refractivity contribution in [1.82, 2.24) is 5.32 Å². The summed E-state index contributed by atoms with van der Waals surface area (Å²) in [4.78, 5) is 38.2. The van der Waals surface area contributed by atoms with Gasteiger partial charge in [0, 0.05) is 22.3 Å². The van der Waals surface area contributed by atoms with Crippen LogP contribution in [0.5, 0.6) is 0 Å². The Morgan fingerprint density at radius 3 is 2.57 bits per heavy atom. The molecule has 4 rings (SSSR count). The molecule has 2 atom stereocenters. The van der Waals surface area contributed by atoms with E-state index in [1.54, 1.807) is 43.0 Å². The van der Waals surface area contributed by atoms with Crippen LogP contribution in [-0.4, -0.2) is 29.4 Å². The molecule has 1 aliphatic heterocycles. The van der Waals surface area contributed by atoms with Gasteiger partial charge in [0.2, 0.25) is 11.6 Å². The minimum absolute atomic E-state index is 0.0355. The zero-order valence-electron chi connectivity index (χ0n) is 15.4. The van der Waals surface area contributed by atoms with Gasteiger partial charge in [-0.25, -0.2) is 4.79 Å². The van der Waals surface area contributed by atoms with Gasteiger partial charge >= 0.3 is 5.97 Å². The Labute approximate surface area is 172 Å². The van der Waals surface area contributed by atoms with Gasteiger partial charge in [-0.1, -0.05) is 48.7 Å². The number of rotatable bonds is 4. The Morgan fingerprint density at radius 2 is 1.86 bits per heavy atom. The summed E-state index contributed by atoms with van der Waals surface area (Å²) in [5.74, 6) is -0.996. The maximum absolute atomic E-state index is 13.0. The molecule has 3 aliphatic rings. The molecule has 1 heterocycles. The number of hydrogen-bond acceptors (Lipinski definition) is 6. The smallest absolute Gasteiger partial charge is 0.336 e. The number of halogens is 1. The molecule has 1 fully saturated rings. The first-order valence-corrected chi connectivity index (χ1v) is 10.7. The molecule has 1 aromatic rings. The molecular formula is C21H20ClNO4S. The van der Waals surface area contributed by atoms with Gasteiger partial charge in [0.15, 0.2) is 0 Å². The second-order valence-electron chi connectivity index (χ2n) is 7.03. The number of allylic oxidation sites excluding steroid dienone is 2. The number of Topliss-reactive ketones (excluding diaryl/α,β-unsaturated/α-hetero) is 2. The summed E-state index contributed by atoms with van der Waals surface area (Å²) < 4.78 is 5.27. The van der Waals surface area contributed by atoms with Crippen LogP contribution in [0, 0.1) is 5.92 Å². The fourth-order valence-electron chi connectivity index (χ4n) is 4.07. The van der Waals surface area contributed by atoms with Crippen LogP contribution in [0.25, 0.3) is 0 Å². The zero-order valence-corrected chi connectivity index (χ0v) is 17.0. The molecule has 5 nitrogen and oxygen atoms in total. The van der Waals surface area contributed by atoms with Crippen LogP contribution in [0.15, 0.2) is 45.6 Å². The first-order valence-electron chi connectivity index (χ1n) is 9.46. The summed E-state index contributed by atoms with van der Waals surface area (Å²) in [6.45, 7) is 2.05. The van der Waals surface area contributed by atoms with Crippen molar-refractivity contribution in [3.05, 3.63) is 56.7 Å². The Morgan fingerprint density at radius 1 is 1.18 bits per heavy atom. The number of esters is 1. The molecule has 1 aromatic carbocycles. The monoisotopic (exact) mass is 417 g/mol. The number of ether oxygens (including phenoxy) is 1. The minimum atomic E-state index is -0.391. The molecule has 0 aromatic heterocycles. The predicted octanol–water partition coefficient (Wildman–Crippen LogP) is 4.19. The molecule has 146 valence electrons. The van der Waals surface area contributed by atoms with E-state index >= 15 is 0 Å². The van der Waals surface area contributed by atoms with E-state index in [2.05, 4.69) is 5.32 Å². The molecule has 0 bridgehead atoms. The van der Waals surface area contributed by atoms with Crippen LogP contribution in [0.2, 0.25) is 0 Å². The Bertz CT molecular complexity index is 936. The first kappa shape index (κ1) is 19.3. The maximum atomic E-state index is 13.0. The lowest BCUT2D eigenvalue weighted by Gasteiger charge is -2.25. The van der Waals surface area contributed by atoms with Crippen molar-refractivity contribution in [2.24, 2.45) is 5.92 Å². The van der Waals surface area contributed by atoms with Crippen molar-refractivity contribution in [3.63, 3.8) is 0 Å². The van der Waals surface area contributed by atoms with Crippen LogP contribution >= 0.6 is 23.4 Å². The fourth-order valence-corrected chi connectivity index (χ4v) is 5.85. The van der Waals surface area contributed by atoms with Crippen LogP contribution in [0.3, 0.4) is 0 Å². The summed E-state index contributed by atoms with van der Waals surface area (Å²) in [5, 5.41) is 3.77. The summed E-state index contributed by atoms with van der Waals surface area (Å²) in [5.41, 5.74) is 1.23. The normalized spacial score (nSPS) is 24.2. The molecule has 2 unspecified atom stereocenters. The van der Waals surface area contributed by atoms with Gasteiger partial charge in [-0.2, -0.15) is 0 Å². The van der Waals surface area contributed by atoms with Crippen molar-refractivity contribution in [1.29, 1.82) is 0 Å². The SMILES string of the molecule is CCOC(=O)C1=C(NC2=C(Cl)C(=O)c3ccccc3C2=O)SC2CCCCC12. The van der Waals surface area contributed by atoms with E-state index < -0.39 is 5.78 Å². The van der Waals surface area contributed by atoms with Crippen LogP contribution in [0.4, 0.5) is 0 Å². The van der Waals surface area contributed by atoms with Gasteiger partial charge in [-0.3, -0.25) is 9.59 Å². The van der Waals surface area contributed by atoms with Gasteiger partial charge in [0.25, 0.3) is 0 Å². The van der Waals surface area contributed by atoms with Gasteiger partial charge in [-0.15, -0.1) is 11.8 Å². The first-order chi connectivity index (χ1) is 13.5. The molecule has 0 saturated heterocycles. The van der Waals surface area contributed by atoms with Gasteiger partial charge in [0.1, 0.15) is 10.7 Å². The third-order valence-corrected chi connectivity index (χ3v) is 7.17. The second-order valence-corrected chi connectivity index (χ2v) is 8.66. The van der Waals surface area contributed by atoms with E-state index in [1.165, 1.54) is 0 Å². The van der Waals surface area contributed by atoms with E-state index in [1.807, 2.05) is 0 Å². The minimum Gasteiger partial charge on any atom is -0.463 e. The summed E-state index contributed by atoms with van der Waals surface area (Å²) >= 11 is 7.82. The topological polar surface area (TPSA) is 72.5 Å². The highest BCUT2D eigenvalue weighted by atomic mass is 35.5. The quantitative estimate of drug-likeness (QED) is 0.740. The third-order valence-electron chi connectivity index (χ3n) is 5.38. The molecular weight excluding hydrogens is 398 g/mol. The largest absolute Gasteiger partial charge is 0.463 e. The number of benzene rings is 1. The highest BCUT2D eigenvalue weighted by Gasteiger charge is 2.42. The van der Waals surface area contributed by atoms with Crippen LogP contribution < -0.4 is 5.32 Å². The summed E-state index contributed by atoms with van der Waals surface area (Å²) in [6, 6.07) is 6.62. The lowest BCUT2D eigenvalue weighted by atomic mass is 9.83. The molecule has 1 N–H and O–H groups in total. The average molecular weight is 418 g/mol. The maximum Gasteiger partial charge on any atom is 0.336 e. The number of thioether (sulfide) groups is 1. The zero-order chi connectivity index (χ0) is 19.8. The summed E-state index contributed by atoms with van der Waals surface area (Å²) in [6.07, 6.45) is 4.10. The number of nitrogens with one attached hydrogen (secondary N) is 1. The van der Waals surface area contributed by atoms with Crippen LogP contribution in [0.1, 0.15) is 53.3 Å². The van der Waals surface area contributed by atoms with Crippen molar-refractivity contribution in [2.75, 3.05) is 6.61 Å². The van der Waals surface area contributed by atoms with E-state index in [0.717, 1.165) is 25.7 Å². The molecule has 28 heavy (non-hydrogen) atoms. The highest BCUT2D eigenvalue weighted by Crippen LogP contribution is 2.49. The van der Waals surface area contributed by atoms with Crippen molar-refractivity contribution in [2.45, 2.75) is 37.9 Å². The van der Waals surface area contributed by atoms with E-state index in [9.17, 15) is 14.4 Å². The third kappa shape index (κ3) is 3.18. The van der Waals surface area contributed by atoms with Crippen LogP contribution in [-0.2, 0) is 9.53 Å². The fraction of sp³-hybridized carbons (Fsp3) is 0.381. The molecule has 7 heteroatoms. The lowest BCUT2D eigenvalue weighted by Crippen LogP contribution is -2.29. The standard InChI is InChI=1S/C21H20ClNO4S/c1-2-27-21(26)15-13-9-5-6-10-14(13)28-20(15)23-17-16(22)18(24)11-7-3-4-8-12(11)19(17)25/h3-4,7-8,13-14,23H,2,5-6,9-10H2,1H3. The average Bonchev–Trinajstić information content (AvgIpc) is 3.08. The van der Waals surface area contributed by atoms with E-state index in [4.69, 9.17) is 16.3 Å². The van der Waals surface area contributed by atoms with E-state index in [0.29, 0.717) is 21.7 Å². The van der Waals surface area contributed by atoms with Gasteiger partial charge < -0.3 is 10.1 Å². The molecule has 0 spiro atoms. The number of hydrogen-bond donors (Lipinski definition) is 1. The van der Waals surface area contributed by atoms with Gasteiger partial charge in [-0.05, 0) is 19.8 Å². The van der Waals surface area contributed by atoms with Crippen molar-refractivity contribution < 1.29 is 19.1 Å². The van der Waals surface area contributed by atoms with Gasteiger partial charge in [0.05, 0.1) is 17.2 Å². The molecule has 2 aliphatic carbocycles. The number of fused-ring (bicyclic) bond motifs is 2. The Hall–Kier alpha value is -2.05. The predicted molar refractivity (Wildman–Crippen MR) is 108 cm³/mol. The number of carbonyl (C=O) groups excluding carboxylic acids is 3. The Balaban J connectivity index is 1.72.